The van der Waals surface area contributed by atoms with E-state index in [1.807, 2.05) is 22.7 Å². The minimum Gasteiger partial charge on any atom is -0.310 e. The topological polar surface area (TPSA) is 3.24 Å². The molecule has 3 heteroatoms. The van der Waals surface area contributed by atoms with E-state index in [4.69, 9.17) is 0 Å². The van der Waals surface area contributed by atoms with Gasteiger partial charge in [0.1, 0.15) is 0 Å². The van der Waals surface area contributed by atoms with Gasteiger partial charge in [0.15, 0.2) is 0 Å². The summed E-state index contributed by atoms with van der Waals surface area (Å²) in [5.74, 6) is 0. The quantitative estimate of drug-likeness (QED) is 0.178. The van der Waals surface area contributed by atoms with Gasteiger partial charge in [0, 0.05) is 57.3 Å². The second-order valence-electron chi connectivity index (χ2n) is 12.5. The number of benzene rings is 8. The summed E-state index contributed by atoms with van der Waals surface area (Å²) >= 11 is 3.76. The van der Waals surface area contributed by atoms with E-state index in [-0.39, 0.29) is 0 Å². The lowest BCUT2D eigenvalue weighted by atomic mass is 10.00. The first-order chi connectivity index (χ1) is 24.3. The zero-order valence-corrected chi connectivity index (χ0v) is 28.1. The second kappa shape index (κ2) is 11.5. The van der Waals surface area contributed by atoms with Gasteiger partial charge in [-0.3, -0.25) is 0 Å². The molecule has 0 spiro atoms. The highest BCUT2D eigenvalue weighted by molar-refractivity contribution is 7.26. The Morgan fingerprint density at radius 1 is 0.347 bits per heavy atom. The van der Waals surface area contributed by atoms with Crippen LogP contribution in [0.4, 0.5) is 17.1 Å². The van der Waals surface area contributed by atoms with Gasteiger partial charge >= 0.3 is 0 Å². The van der Waals surface area contributed by atoms with Crippen LogP contribution in [-0.2, 0) is 0 Å². The lowest BCUT2D eigenvalue weighted by molar-refractivity contribution is 1.29. The van der Waals surface area contributed by atoms with Crippen molar-refractivity contribution in [2.75, 3.05) is 4.90 Å². The molecule has 230 valence electrons. The maximum Gasteiger partial charge on any atom is 0.0540 e. The van der Waals surface area contributed by atoms with E-state index >= 15 is 0 Å². The normalized spacial score (nSPS) is 11.7. The Morgan fingerprint density at radius 2 is 0.980 bits per heavy atom. The number of rotatable bonds is 5. The molecule has 0 N–H and O–H groups in total. The summed E-state index contributed by atoms with van der Waals surface area (Å²) in [6.07, 6.45) is 0. The second-order valence-corrected chi connectivity index (χ2v) is 14.7. The molecule has 1 nitrogen and oxygen atoms in total. The smallest absolute Gasteiger partial charge is 0.0540 e. The van der Waals surface area contributed by atoms with E-state index in [2.05, 4.69) is 181 Å². The van der Waals surface area contributed by atoms with E-state index in [9.17, 15) is 0 Å². The molecule has 2 aromatic heterocycles. The molecule has 0 bridgehead atoms. The van der Waals surface area contributed by atoms with E-state index < -0.39 is 0 Å². The Balaban J connectivity index is 1.14. The van der Waals surface area contributed by atoms with Crippen LogP contribution in [0.1, 0.15) is 0 Å². The van der Waals surface area contributed by atoms with Crippen LogP contribution in [0.25, 0.3) is 73.4 Å². The predicted molar refractivity (Wildman–Crippen MR) is 215 cm³/mol. The molecule has 0 saturated heterocycles. The summed E-state index contributed by atoms with van der Waals surface area (Å²) in [4.78, 5) is 2.42. The first-order valence-electron chi connectivity index (χ1n) is 16.6. The molecule has 10 rings (SSSR count). The number of hydrogen-bond acceptors (Lipinski definition) is 3. The highest BCUT2D eigenvalue weighted by atomic mass is 32.1. The van der Waals surface area contributed by atoms with Crippen LogP contribution in [0.15, 0.2) is 176 Å². The van der Waals surface area contributed by atoms with Crippen LogP contribution < -0.4 is 4.90 Å². The summed E-state index contributed by atoms with van der Waals surface area (Å²) in [7, 11) is 0. The van der Waals surface area contributed by atoms with Gasteiger partial charge in [-0.05, 0) is 76.0 Å². The minimum atomic E-state index is 1.13. The van der Waals surface area contributed by atoms with Crippen LogP contribution in [0.2, 0.25) is 0 Å². The largest absolute Gasteiger partial charge is 0.310 e. The van der Waals surface area contributed by atoms with Gasteiger partial charge in [-0.15, -0.1) is 22.7 Å². The van der Waals surface area contributed by atoms with E-state index in [1.54, 1.807) is 0 Å². The number of fused-ring (bicyclic) bond motifs is 7. The summed E-state index contributed by atoms with van der Waals surface area (Å²) in [5, 5.41) is 7.84. The molecule has 0 amide bonds. The Labute approximate surface area is 292 Å². The van der Waals surface area contributed by atoms with Crippen molar-refractivity contribution in [1.82, 2.24) is 0 Å². The van der Waals surface area contributed by atoms with Crippen molar-refractivity contribution >= 4 is 90.9 Å². The summed E-state index contributed by atoms with van der Waals surface area (Å²) in [5.41, 5.74) is 8.33. The zero-order chi connectivity index (χ0) is 32.3. The van der Waals surface area contributed by atoms with E-state index in [1.165, 1.54) is 73.4 Å². The fraction of sp³-hybridized carbons (Fsp3) is 0. The van der Waals surface area contributed by atoms with Crippen LogP contribution >= 0.6 is 22.7 Å². The molecule has 8 aromatic carbocycles. The molecule has 0 aliphatic heterocycles. The minimum absolute atomic E-state index is 1.13. The van der Waals surface area contributed by atoms with Crippen molar-refractivity contribution in [2.45, 2.75) is 0 Å². The van der Waals surface area contributed by atoms with Crippen LogP contribution in [0, 0.1) is 0 Å². The average Bonchev–Trinajstić information content (AvgIpc) is 3.72. The molecular formula is C46H29NS2. The molecule has 0 radical (unpaired) electrons. The number of para-hydroxylation sites is 1. The fourth-order valence-electron chi connectivity index (χ4n) is 7.31. The predicted octanol–water partition coefficient (Wildman–Crippen LogP) is 14.4. The Hall–Kier alpha value is -5.74. The standard InChI is InChI=1S/C46H29NS2/c1-2-11-30(12-3-1)36-15-6-8-19-42(36)47(35-25-26-39-41-27-32-13-4-5-14-33(32)28-44(41)48-45(39)29-35)34-23-21-31(22-24-34)37-17-10-18-40-38-16-7-9-20-43(38)49-46(37)40/h1-29H. The Bertz CT molecular complexity index is 2830. The first kappa shape index (κ1) is 28.3. The zero-order valence-electron chi connectivity index (χ0n) is 26.5. The fourth-order valence-corrected chi connectivity index (χ4v) is 9.72. The Kier molecular flexibility index (Phi) is 6.61. The molecule has 0 aliphatic rings. The lowest BCUT2D eigenvalue weighted by Gasteiger charge is -2.28. The highest BCUT2D eigenvalue weighted by Gasteiger charge is 2.19. The third kappa shape index (κ3) is 4.74. The number of hydrogen-bond donors (Lipinski definition) is 0. The van der Waals surface area contributed by atoms with Crippen molar-refractivity contribution < 1.29 is 0 Å². The number of anilines is 3. The molecule has 2 heterocycles. The van der Waals surface area contributed by atoms with Gasteiger partial charge < -0.3 is 4.90 Å². The van der Waals surface area contributed by atoms with Crippen molar-refractivity contribution in [3.8, 4) is 22.3 Å². The van der Waals surface area contributed by atoms with E-state index in [0.29, 0.717) is 0 Å². The Morgan fingerprint density at radius 3 is 1.86 bits per heavy atom. The number of thiophene rings is 2. The van der Waals surface area contributed by atoms with Crippen LogP contribution in [0.5, 0.6) is 0 Å². The molecule has 0 saturated carbocycles. The van der Waals surface area contributed by atoms with Gasteiger partial charge in [-0.25, -0.2) is 0 Å². The maximum atomic E-state index is 2.42. The molecule has 0 fully saturated rings. The summed E-state index contributed by atoms with van der Waals surface area (Å²) < 4.78 is 5.28. The lowest BCUT2D eigenvalue weighted by Crippen LogP contribution is -2.11. The summed E-state index contributed by atoms with van der Waals surface area (Å²) in [6, 6.07) is 64.4. The third-order valence-electron chi connectivity index (χ3n) is 9.65. The molecule has 0 aliphatic carbocycles. The SMILES string of the molecule is c1ccc(-c2ccccc2N(c2ccc(-c3cccc4c3sc3ccccc34)cc2)c2ccc3c(c2)sc2cc4ccccc4cc23)cc1. The van der Waals surface area contributed by atoms with Gasteiger partial charge in [0.25, 0.3) is 0 Å². The average molecular weight is 660 g/mol. The third-order valence-corrected chi connectivity index (χ3v) is 12.0. The monoisotopic (exact) mass is 659 g/mol. The van der Waals surface area contributed by atoms with Gasteiger partial charge in [-0.2, -0.15) is 0 Å². The number of nitrogens with zero attached hydrogens (tertiary/aromatic N) is 1. The maximum absolute atomic E-state index is 2.42. The van der Waals surface area contributed by atoms with Crippen molar-refractivity contribution in [3.63, 3.8) is 0 Å². The molecule has 49 heavy (non-hydrogen) atoms. The molecule has 10 aromatic rings. The molecular weight excluding hydrogens is 631 g/mol. The summed E-state index contributed by atoms with van der Waals surface area (Å²) in [6.45, 7) is 0. The highest BCUT2D eigenvalue weighted by Crippen LogP contribution is 2.45. The van der Waals surface area contributed by atoms with Crippen LogP contribution in [0.3, 0.4) is 0 Å². The van der Waals surface area contributed by atoms with Crippen molar-refractivity contribution in [2.24, 2.45) is 0 Å². The van der Waals surface area contributed by atoms with Gasteiger partial charge in [-0.1, -0.05) is 127 Å². The van der Waals surface area contributed by atoms with Crippen LogP contribution in [-0.4, -0.2) is 0 Å². The molecule has 0 atom stereocenters. The van der Waals surface area contributed by atoms with E-state index in [0.717, 1.165) is 17.1 Å². The molecule has 0 unspecified atom stereocenters. The van der Waals surface area contributed by atoms with Crippen molar-refractivity contribution in [3.05, 3.63) is 176 Å². The van der Waals surface area contributed by atoms with Gasteiger partial charge in [0.2, 0.25) is 0 Å². The van der Waals surface area contributed by atoms with Gasteiger partial charge in [0.05, 0.1) is 5.69 Å². The first-order valence-corrected chi connectivity index (χ1v) is 18.2. The van der Waals surface area contributed by atoms with Crippen molar-refractivity contribution in [1.29, 1.82) is 0 Å².